The third kappa shape index (κ3) is 2.87. The van der Waals surface area contributed by atoms with Crippen LogP contribution >= 0.6 is 0 Å². The number of rotatable bonds is 2. The molecule has 0 spiro atoms. The molecule has 0 fully saturated rings. The van der Waals surface area contributed by atoms with Crippen molar-refractivity contribution in [3.63, 3.8) is 0 Å². The number of hydrogen-bond donors (Lipinski definition) is 1. The molecule has 0 saturated heterocycles. The van der Waals surface area contributed by atoms with E-state index in [2.05, 4.69) is 65.3 Å². The number of fused-ring (bicyclic) bond motifs is 1. The van der Waals surface area contributed by atoms with Crippen molar-refractivity contribution in [2.45, 2.75) is 39.2 Å². The standard InChI is InChI=1S/C19H24N6/c1-19(2,3)13-5-7-14(8-6-13)25-17-9-10-20-11-15(17)18(22-25)16-12-24(4)23-21-16/h5-8,12,20H,9-11H2,1-4H3. The Balaban J connectivity index is 1.81. The summed E-state index contributed by atoms with van der Waals surface area (Å²) in [6.45, 7) is 8.49. The van der Waals surface area contributed by atoms with Crippen molar-refractivity contribution in [1.29, 1.82) is 0 Å². The zero-order valence-corrected chi connectivity index (χ0v) is 15.2. The normalized spacial score (nSPS) is 14.6. The molecule has 0 bridgehead atoms. The lowest BCUT2D eigenvalue weighted by Gasteiger charge is -2.20. The Kier molecular flexibility index (Phi) is 3.72. The van der Waals surface area contributed by atoms with E-state index in [0.29, 0.717) is 0 Å². The molecule has 1 aromatic carbocycles. The van der Waals surface area contributed by atoms with Crippen molar-refractivity contribution in [3.8, 4) is 17.1 Å². The van der Waals surface area contributed by atoms with Crippen LogP contribution in [0.15, 0.2) is 30.5 Å². The summed E-state index contributed by atoms with van der Waals surface area (Å²) >= 11 is 0. The second-order valence-corrected chi connectivity index (χ2v) is 7.69. The van der Waals surface area contributed by atoms with Crippen LogP contribution in [0, 0.1) is 0 Å². The Morgan fingerprint density at radius 3 is 2.52 bits per heavy atom. The number of hydrogen-bond acceptors (Lipinski definition) is 4. The van der Waals surface area contributed by atoms with Crippen molar-refractivity contribution in [3.05, 3.63) is 47.3 Å². The van der Waals surface area contributed by atoms with Gasteiger partial charge in [-0.25, -0.2) is 4.68 Å². The molecule has 0 amide bonds. The average Bonchev–Trinajstić information content (AvgIpc) is 3.18. The lowest BCUT2D eigenvalue weighted by Crippen LogP contribution is -2.24. The predicted octanol–water partition coefficient (Wildman–Crippen LogP) is 2.61. The van der Waals surface area contributed by atoms with Crippen LogP contribution in [-0.4, -0.2) is 31.3 Å². The molecule has 6 nitrogen and oxygen atoms in total. The third-order valence-corrected chi connectivity index (χ3v) is 4.75. The molecule has 1 N–H and O–H groups in total. The lowest BCUT2D eigenvalue weighted by atomic mass is 9.87. The van der Waals surface area contributed by atoms with Crippen molar-refractivity contribution in [2.75, 3.05) is 6.54 Å². The highest BCUT2D eigenvalue weighted by Gasteiger charge is 2.24. The Morgan fingerprint density at radius 1 is 1.12 bits per heavy atom. The molecule has 0 aliphatic carbocycles. The molecule has 130 valence electrons. The largest absolute Gasteiger partial charge is 0.312 e. The summed E-state index contributed by atoms with van der Waals surface area (Å²) in [5.74, 6) is 0. The number of nitrogens with zero attached hydrogens (tertiary/aromatic N) is 5. The minimum Gasteiger partial charge on any atom is -0.312 e. The quantitative estimate of drug-likeness (QED) is 0.781. The van der Waals surface area contributed by atoms with Gasteiger partial charge in [0.15, 0.2) is 0 Å². The van der Waals surface area contributed by atoms with E-state index in [4.69, 9.17) is 5.10 Å². The van der Waals surface area contributed by atoms with Crippen LogP contribution in [0.25, 0.3) is 17.1 Å². The molecule has 6 heteroatoms. The Hall–Kier alpha value is -2.47. The van der Waals surface area contributed by atoms with Gasteiger partial charge in [0, 0.05) is 32.1 Å². The fourth-order valence-electron chi connectivity index (χ4n) is 3.33. The van der Waals surface area contributed by atoms with Crippen LogP contribution in [-0.2, 0) is 25.4 Å². The Morgan fingerprint density at radius 2 is 1.88 bits per heavy atom. The zero-order chi connectivity index (χ0) is 17.6. The van der Waals surface area contributed by atoms with Gasteiger partial charge in [-0.1, -0.05) is 38.1 Å². The second-order valence-electron chi connectivity index (χ2n) is 7.69. The Labute approximate surface area is 147 Å². The molecular formula is C19H24N6. The van der Waals surface area contributed by atoms with Crippen LogP contribution in [0.2, 0.25) is 0 Å². The maximum absolute atomic E-state index is 4.90. The van der Waals surface area contributed by atoms with Crippen LogP contribution < -0.4 is 5.32 Å². The van der Waals surface area contributed by atoms with Gasteiger partial charge in [0.2, 0.25) is 0 Å². The van der Waals surface area contributed by atoms with E-state index in [1.54, 1.807) is 4.68 Å². The highest BCUT2D eigenvalue weighted by Crippen LogP contribution is 2.29. The maximum Gasteiger partial charge on any atom is 0.133 e. The summed E-state index contributed by atoms with van der Waals surface area (Å²) in [6, 6.07) is 8.73. The molecule has 2 aromatic heterocycles. The van der Waals surface area contributed by atoms with E-state index >= 15 is 0 Å². The van der Waals surface area contributed by atoms with Gasteiger partial charge in [-0.3, -0.25) is 4.68 Å². The molecule has 3 heterocycles. The van der Waals surface area contributed by atoms with Gasteiger partial charge in [-0.2, -0.15) is 5.10 Å². The summed E-state index contributed by atoms with van der Waals surface area (Å²) in [4.78, 5) is 0. The van der Waals surface area contributed by atoms with E-state index in [1.165, 1.54) is 16.8 Å². The number of aromatic nitrogens is 5. The molecule has 0 unspecified atom stereocenters. The van der Waals surface area contributed by atoms with Crippen molar-refractivity contribution in [2.24, 2.45) is 7.05 Å². The van der Waals surface area contributed by atoms with E-state index in [0.717, 1.165) is 36.6 Å². The van der Waals surface area contributed by atoms with E-state index in [-0.39, 0.29) is 5.41 Å². The predicted molar refractivity (Wildman–Crippen MR) is 97.7 cm³/mol. The summed E-state index contributed by atoms with van der Waals surface area (Å²) in [7, 11) is 1.88. The monoisotopic (exact) mass is 336 g/mol. The van der Waals surface area contributed by atoms with Gasteiger partial charge in [0.05, 0.1) is 17.6 Å². The molecule has 0 atom stereocenters. The van der Waals surface area contributed by atoms with E-state index < -0.39 is 0 Å². The molecule has 3 aromatic rings. The summed E-state index contributed by atoms with van der Waals surface area (Å²) < 4.78 is 3.79. The fourth-order valence-corrected chi connectivity index (χ4v) is 3.33. The first-order valence-corrected chi connectivity index (χ1v) is 8.72. The topological polar surface area (TPSA) is 60.6 Å². The molecule has 0 radical (unpaired) electrons. The summed E-state index contributed by atoms with van der Waals surface area (Å²) in [5.41, 5.74) is 6.82. The van der Waals surface area contributed by atoms with Crippen LogP contribution in [0.3, 0.4) is 0 Å². The first-order chi connectivity index (χ1) is 11.9. The van der Waals surface area contributed by atoms with Gasteiger partial charge >= 0.3 is 0 Å². The minimum absolute atomic E-state index is 0.150. The SMILES string of the molecule is Cn1cc(-c2nn(-c3ccc(C(C)(C)C)cc3)c3c2CNCC3)nn1. The molecule has 4 rings (SSSR count). The van der Waals surface area contributed by atoms with Gasteiger partial charge < -0.3 is 5.32 Å². The van der Waals surface area contributed by atoms with Gasteiger partial charge in [-0.15, -0.1) is 5.10 Å². The first-order valence-electron chi connectivity index (χ1n) is 8.72. The minimum atomic E-state index is 0.150. The first kappa shape index (κ1) is 16.0. The number of benzene rings is 1. The van der Waals surface area contributed by atoms with Crippen molar-refractivity contribution in [1.82, 2.24) is 30.1 Å². The van der Waals surface area contributed by atoms with Gasteiger partial charge in [-0.05, 0) is 23.1 Å². The molecule has 1 aliphatic rings. The fraction of sp³-hybridized carbons (Fsp3) is 0.421. The maximum atomic E-state index is 4.90. The zero-order valence-electron chi connectivity index (χ0n) is 15.2. The summed E-state index contributed by atoms with van der Waals surface area (Å²) in [5, 5.41) is 16.7. The van der Waals surface area contributed by atoms with E-state index in [9.17, 15) is 0 Å². The van der Waals surface area contributed by atoms with Crippen LogP contribution in [0.1, 0.15) is 37.6 Å². The number of aryl methyl sites for hydroxylation is 1. The van der Waals surface area contributed by atoms with Gasteiger partial charge in [0.1, 0.15) is 11.4 Å². The molecule has 0 saturated carbocycles. The molecule has 1 aliphatic heterocycles. The highest BCUT2D eigenvalue weighted by atomic mass is 15.4. The van der Waals surface area contributed by atoms with Crippen LogP contribution in [0.4, 0.5) is 0 Å². The smallest absolute Gasteiger partial charge is 0.133 e. The van der Waals surface area contributed by atoms with E-state index in [1.807, 2.05) is 13.2 Å². The van der Waals surface area contributed by atoms with Crippen molar-refractivity contribution < 1.29 is 0 Å². The summed E-state index contributed by atoms with van der Waals surface area (Å²) in [6.07, 6.45) is 2.88. The van der Waals surface area contributed by atoms with Crippen LogP contribution in [0.5, 0.6) is 0 Å². The van der Waals surface area contributed by atoms with Crippen molar-refractivity contribution >= 4 is 0 Å². The third-order valence-electron chi connectivity index (χ3n) is 4.75. The Bertz CT molecular complexity index is 895. The molecule has 25 heavy (non-hydrogen) atoms. The lowest BCUT2D eigenvalue weighted by molar-refractivity contribution is 0.589. The van der Waals surface area contributed by atoms with Gasteiger partial charge in [0.25, 0.3) is 0 Å². The molecular weight excluding hydrogens is 312 g/mol. The average molecular weight is 336 g/mol. The second kappa shape index (κ2) is 5.81. The highest BCUT2D eigenvalue weighted by molar-refractivity contribution is 5.61. The number of nitrogens with one attached hydrogen (secondary N) is 1.